The summed E-state index contributed by atoms with van der Waals surface area (Å²) in [5.41, 5.74) is 1.38. The van der Waals surface area contributed by atoms with Gasteiger partial charge in [0.25, 0.3) is 0 Å². The van der Waals surface area contributed by atoms with E-state index in [0.717, 1.165) is 24.9 Å². The molecule has 0 unspecified atom stereocenters. The van der Waals surface area contributed by atoms with E-state index in [1.165, 1.54) is 54.1 Å². The highest BCUT2D eigenvalue weighted by atomic mass is 32.1. The maximum absolute atomic E-state index is 5.01. The molecule has 1 heterocycles. The number of nitrogens with zero attached hydrogens (tertiary/aromatic N) is 1. The van der Waals surface area contributed by atoms with E-state index in [1.54, 1.807) is 0 Å². The molecule has 0 amide bonds. The van der Waals surface area contributed by atoms with E-state index in [9.17, 15) is 0 Å². The van der Waals surface area contributed by atoms with Gasteiger partial charge in [0, 0.05) is 23.4 Å². The third kappa shape index (κ3) is 3.57. The number of rotatable bonds is 6. The molecule has 106 valence electrons. The molecule has 1 aromatic heterocycles. The standard InChI is InChI=1S/C16H26N2S/c1-11(2)9-14-15(10-17-13-7-8-13)19-16(18-14)12-5-3-4-6-12/h11-13,17H,3-10H2,1-2H3. The molecule has 3 heteroatoms. The van der Waals surface area contributed by atoms with Gasteiger partial charge in [-0.25, -0.2) is 4.98 Å². The van der Waals surface area contributed by atoms with Crippen LogP contribution in [0.2, 0.25) is 0 Å². The molecule has 0 saturated heterocycles. The Kier molecular flexibility index (Phi) is 4.23. The summed E-state index contributed by atoms with van der Waals surface area (Å²) < 4.78 is 0. The fourth-order valence-electron chi connectivity index (χ4n) is 2.96. The predicted molar refractivity (Wildman–Crippen MR) is 81.7 cm³/mol. The molecule has 0 aromatic carbocycles. The summed E-state index contributed by atoms with van der Waals surface area (Å²) in [5.74, 6) is 1.48. The van der Waals surface area contributed by atoms with Crippen molar-refractivity contribution in [2.45, 2.75) is 77.3 Å². The maximum atomic E-state index is 5.01. The Morgan fingerprint density at radius 2 is 1.95 bits per heavy atom. The quantitative estimate of drug-likeness (QED) is 0.841. The summed E-state index contributed by atoms with van der Waals surface area (Å²) in [6.45, 7) is 5.65. The van der Waals surface area contributed by atoms with Gasteiger partial charge in [-0.1, -0.05) is 26.7 Å². The lowest BCUT2D eigenvalue weighted by molar-refractivity contribution is 0.618. The molecule has 19 heavy (non-hydrogen) atoms. The van der Waals surface area contributed by atoms with Gasteiger partial charge in [0.05, 0.1) is 10.7 Å². The lowest BCUT2D eigenvalue weighted by Crippen LogP contribution is -2.15. The summed E-state index contributed by atoms with van der Waals surface area (Å²) in [6.07, 6.45) is 9.42. The first-order valence-corrected chi connectivity index (χ1v) is 8.76. The Hall–Kier alpha value is -0.410. The monoisotopic (exact) mass is 278 g/mol. The van der Waals surface area contributed by atoms with Gasteiger partial charge in [-0.2, -0.15) is 0 Å². The number of thiazole rings is 1. The van der Waals surface area contributed by atoms with Crippen LogP contribution in [0, 0.1) is 5.92 Å². The van der Waals surface area contributed by atoms with E-state index in [1.807, 2.05) is 11.3 Å². The number of nitrogens with one attached hydrogen (secondary N) is 1. The van der Waals surface area contributed by atoms with Crippen molar-refractivity contribution in [1.82, 2.24) is 10.3 Å². The summed E-state index contributed by atoms with van der Waals surface area (Å²) in [4.78, 5) is 6.53. The van der Waals surface area contributed by atoms with Crippen LogP contribution in [0.15, 0.2) is 0 Å². The van der Waals surface area contributed by atoms with Crippen molar-refractivity contribution < 1.29 is 0 Å². The zero-order valence-corrected chi connectivity index (χ0v) is 13.1. The normalized spacial score (nSPS) is 20.6. The minimum atomic E-state index is 0.707. The minimum Gasteiger partial charge on any atom is -0.309 e. The van der Waals surface area contributed by atoms with Crippen LogP contribution in [-0.4, -0.2) is 11.0 Å². The van der Waals surface area contributed by atoms with Crippen LogP contribution in [0.4, 0.5) is 0 Å². The number of hydrogen-bond donors (Lipinski definition) is 1. The molecule has 2 nitrogen and oxygen atoms in total. The van der Waals surface area contributed by atoms with Crippen molar-refractivity contribution in [1.29, 1.82) is 0 Å². The van der Waals surface area contributed by atoms with Gasteiger partial charge in [-0.05, 0) is 38.0 Å². The van der Waals surface area contributed by atoms with Crippen LogP contribution < -0.4 is 5.32 Å². The van der Waals surface area contributed by atoms with E-state index in [4.69, 9.17) is 4.98 Å². The number of hydrogen-bond acceptors (Lipinski definition) is 3. The predicted octanol–water partition coefficient (Wildman–Crippen LogP) is 4.25. The second-order valence-electron chi connectivity index (χ2n) is 6.66. The zero-order valence-electron chi connectivity index (χ0n) is 12.2. The molecule has 2 saturated carbocycles. The Balaban J connectivity index is 1.73. The van der Waals surface area contributed by atoms with Crippen LogP contribution in [0.5, 0.6) is 0 Å². The average molecular weight is 278 g/mol. The van der Waals surface area contributed by atoms with Crippen molar-refractivity contribution in [3.8, 4) is 0 Å². The molecule has 0 atom stereocenters. The largest absolute Gasteiger partial charge is 0.309 e. The summed E-state index contributed by atoms with van der Waals surface area (Å²) in [5, 5.41) is 5.09. The van der Waals surface area contributed by atoms with Crippen LogP contribution in [0.1, 0.15) is 73.9 Å². The fraction of sp³-hybridized carbons (Fsp3) is 0.812. The molecule has 2 aliphatic carbocycles. The van der Waals surface area contributed by atoms with Gasteiger partial charge in [0.1, 0.15) is 0 Å². The highest BCUT2D eigenvalue weighted by Gasteiger charge is 2.24. The van der Waals surface area contributed by atoms with E-state index < -0.39 is 0 Å². The highest BCUT2D eigenvalue weighted by molar-refractivity contribution is 7.11. The van der Waals surface area contributed by atoms with Crippen molar-refractivity contribution in [2.75, 3.05) is 0 Å². The van der Waals surface area contributed by atoms with Crippen molar-refractivity contribution in [3.63, 3.8) is 0 Å². The first kappa shape index (κ1) is 13.6. The van der Waals surface area contributed by atoms with Gasteiger partial charge in [-0.15, -0.1) is 11.3 Å². The Morgan fingerprint density at radius 1 is 1.21 bits per heavy atom. The lowest BCUT2D eigenvalue weighted by atomic mass is 10.1. The smallest absolute Gasteiger partial charge is 0.0962 e. The molecule has 1 aromatic rings. The van der Waals surface area contributed by atoms with Crippen LogP contribution >= 0.6 is 11.3 Å². The lowest BCUT2D eigenvalue weighted by Gasteiger charge is -2.05. The third-order valence-electron chi connectivity index (χ3n) is 4.23. The van der Waals surface area contributed by atoms with Crippen LogP contribution in [0.25, 0.3) is 0 Å². The van der Waals surface area contributed by atoms with E-state index in [0.29, 0.717) is 5.92 Å². The molecule has 2 fully saturated rings. The van der Waals surface area contributed by atoms with Gasteiger partial charge in [-0.3, -0.25) is 0 Å². The first-order chi connectivity index (χ1) is 9.22. The van der Waals surface area contributed by atoms with Crippen molar-refractivity contribution in [3.05, 3.63) is 15.6 Å². The molecular weight excluding hydrogens is 252 g/mol. The zero-order chi connectivity index (χ0) is 13.2. The molecule has 2 aliphatic rings. The molecule has 3 rings (SSSR count). The van der Waals surface area contributed by atoms with Gasteiger partial charge >= 0.3 is 0 Å². The van der Waals surface area contributed by atoms with Crippen LogP contribution in [0.3, 0.4) is 0 Å². The van der Waals surface area contributed by atoms with E-state index in [-0.39, 0.29) is 0 Å². The van der Waals surface area contributed by atoms with Gasteiger partial charge < -0.3 is 5.32 Å². The first-order valence-electron chi connectivity index (χ1n) is 7.94. The Labute approximate surface area is 121 Å². The van der Waals surface area contributed by atoms with Crippen molar-refractivity contribution >= 4 is 11.3 Å². The summed E-state index contributed by atoms with van der Waals surface area (Å²) >= 11 is 1.99. The second kappa shape index (κ2) is 5.92. The van der Waals surface area contributed by atoms with Crippen LogP contribution in [-0.2, 0) is 13.0 Å². The average Bonchev–Trinajstić information content (AvgIpc) is 2.89. The Bertz CT molecular complexity index is 414. The molecular formula is C16H26N2S. The molecule has 0 aliphatic heterocycles. The SMILES string of the molecule is CC(C)Cc1nc(C2CCCC2)sc1CNC1CC1. The second-order valence-corrected chi connectivity index (χ2v) is 7.77. The Morgan fingerprint density at radius 3 is 2.58 bits per heavy atom. The number of aromatic nitrogens is 1. The highest BCUT2D eigenvalue weighted by Crippen LogP contribution is 2.37. The molecule has 1 N–H and O–H groups in total. The molecule has 0 radical (unpaired) electrons. The van der Waals surface area contributed by atoms with Gasteiger partial charge in [0.2, 0.25) is 0 Å². The molecule has 0 bridgehead atoms. The molecule has 0 spiro atoms. The topological polar surface area (TPSA) is 24.9 Å². The van der Waals surface area contributed by atoms with Crippen molar-refractivity contribution in [2.24, 2.45) is 5.92 Å². The summed E-state index contributed by atoms with van der Waals surface area (Å²) in [6, 6.07) is 0.795. The summed E-state index contributed by atoms with van der Waals surface area (Å²) in [7, 11) is 0. The van der Waals surface area contributed by atoms with Gasteiger partial charge in [0.15, 0.2) is 0 Å². The van der Waals surface area contributed by atoms with E-state index in [2.05, 4.69) is 19.2 Å². The minimum absolute atomic E-state index is 0.707. The fourth-order valence-corrected chi connectivity index (χ4v) is 4.17. The third-order valence-corrected chi connectivity index (χ3v) is 5.49. The maximum Gasteiger partial charge on any atom is 0.0962 e. The van der Waals surface area contributed by atoms with E-state index >= 15 is 0 Å².